The van der Waals surface area contributed by atoms with Gasteiger partial charge in [0.15, 0.2) is 5.58 Å². The molecule has 0 aliphatic rings. The number of carbonyl (C=O) groups is 1. The molecule has 1 aromatic heterocycles. The molecule has 0 saturated carbocycles. The minimum atomic E-state index is -0.388. The lowest BCUT2D eigenvalue weighted by Gasteiger charge is -2.04. The molecule has 5 nitrogen and oxygen atoms in total. The van der Waals surface area contributed by atoms with Crippen molar-refractivity contribution in [3.8, 4) is 6.07 Å². The number of fused-ring (bicyclic) bond motifs is 1. The van der Waals surface area contributed by atoms with E-state index in [1.807, 2.05) is 24.3 Å². The molecule has 0 spiro atoms. The van der Waals surface area contributed by atoms with Crippen molar-refractivity contribution in [1.29, 1.82) is 5.26 Å². The van der Waals surface area contributed by atoms with Gasteiger partial charge in [0, 0.05) is 5.39 Å². The second-order valence-electron chi connectivity index (χ2n) is 4.78. The van der Waals surface area contributed by atoms with Crippen LogP contribution in [0, 0.1) is 11.3 Å². The lowest BCUT2D eigenvalue weighted by atomic mass is 10.1. The molecule has 22 heavy (non-hydrogen) atoms. The summed E-state index contributed by atoms with van der Waals surface area (Å²) in [5, 5.41) is 13.5. The minimum Gasteiger partial charge on any atom is -0.461 e. The molecule has 1 heterocycles. The van der Waals surface area contributed by atoms with Gasteiger partial charge in [0.05, 0.1) is 18.1 Å². The van der Waals surface area contributed by atoms with Gasteiger partial charge in [-0.1, -0.05) is 29.4 Å². The molecule has 0 bridgehead atoms. The molecule has 0 aliphatic heterocycles. The number of para-hydroxylation sites is 1. The summed E-state index contributed by atoms with van der Waals surface area (Å²) in [7, 11) is 0. The fourth-order valence-corrected chi connectivity index (χ4v) is 2.15. The zero-order valence-electron chi connectivity index (χ0n) is 11.7. The molecule has 0 aliphatic carbocycles. The molecule has 5 heteroatoms. The van der Waals surface area contributed by atoms with E-state index in [2.05, 4.69) is 5.16 Å². The highest BCUT2D eigenvalue weighted by atomic mass is 16.5. The Balaban J connectivity index is 1.64. The lowest BCUT2D eigenvalue weighted by Crippen LogP contribution is -2.08. The van der Waals surface area contributed by atoms with E-state index in [4.69, 9.17) is 14.5 Å². The van der Waals surface area contributed by atoms with E-state index in [9.17, 15) is 4.79 Å². The van der Waals surface area contributed by atoms with Crippen molar-refractivity contribution in [3.63, 3.8) is 0 Å². The summed E-state index contributed by atoms with van der Waals surface area (Å²) in [6.45, 7) is 0.129. The molecule has 0 fully saturated rings. The fourth-order valence-electron chi connectivity index (χ4n) is 2.15. The summed E-state index contributed by atoms with van der Waals surface area (Å²) in [6.07, 6.45) is 0.0505. The quantitative estimate of drug-likeness (QED) is 0.691. The van der Waals surface area contributed by atoms with Crippen LogP contribution in [0.15, 0.2) is 53.1 Å². The smallest absolute Gasteiger partial charge is 0.312 e. The number of esters is 1. The maximum absolute atomic E-state index is 11.9. The maximum atomic E-state index is 11.9. The van der Waals surface area contributed by atoms with Gasteiger partial charge in [0.25, 0.3) is 0 Å². The number of nitriles is 1. The number of benzene rings is 2. The third-order valence-corrected chi connectivity index (χ3v) is 3.22. The molecular formula is C17H12N2O3. The predicted molar refractivity (Wildman–Crippen MR) is 78.7 cm³/mol. The molecule has 0 unspecified atom stereocenters. The Morgan fingerprint density at radius 2 is 2.09 bits per heavy atom. The monoisotopic (exact) mass is 292 g/mol. The highest BCUT2D eigenvalue weighted by molar-refractivity contribution is 5.84. The second kappa shape index (κ2) is 6.10. The van der Waals surface area contributed by atoms with E-state index < -0.39 is 0 Å². The largest absolute Gasteiger partial charge is 0.461 e. The van der Waals surface area contributed by atoms with Gasteiger partial charge in [-0.15, -0.1) is 0 Å². The molecule has 0 atom stereocenters. The highest BCUT2D eigenvalue weighted by Crippen LogP contribution is 2.18. The zero-order valence-corrected chi connectivity index (χ0v) is 11.7. The lowest BCUT2D eigenvalue weighted by molar-refractivity contribution is -0.144. The molecule has 108 valence electrons. The van der Waals surface area contributed by atoms with Crippen LogP contribution in [0.3, 0.4) is 0 Å². The van der Waals surface area contributed by atoms with E-state index >= 15 is 0 Å². The summed E-state index contributed by atoms with van der Waals surface area (Å²) < 4.78 is 10.4. The average molecular weight is 292 g/mol. The molecule has 3 rings (SSSR count). The van der Waals surface area contributed by atoms with Gasteiger partial charge in [0.2, 0.25) is 0 Å². The van der Waals surface area contributed by atoms with E-state index in [1.54, 1.807) is 30.3 Å². The summed E-state index contributed by atoms with van der Waals surface area (Å²) in [5.41, 5.74) is 2.52. The zero-order chi connectivity index (χ0) is 15.4. The Hall–Kier alpha value is -3.13. The van der Waals surface area contributed by atoms with Crippen LogP contribution in [-0.4, -0.2) is 11.1 Å². The normalized spacial score (nSPS) is 10.3. The van der Waals surface area contributed by atoms with Gasteiger partial charge in [-0.2, -0.15) is 5.26 Å². The first-order chi connectivity index (χ1) is 10.8. The molecule has 3 aromatic rings. The van der Waals surface area contributed by atoms with Crippen LogP contribution in [0.5, 0.6) is 0 Å². The molecule has 0 radical (unpaired) electrons. The highest BCUT2D eigenvalue weighted by Gasteiger charge is 2.13. The van der Waals surface area contributed by atoms with E-state index in [0.717, 1.165) is 10.9 Å². The molecule has 2 aromatic carbocycles. The maximum Gasteiger partial charge on any atom is 0.312 e. The number of carbonyl (C=O) groups excluding carboxylic acids is 1. The Kier molecular flexibility index (Phi) is 3.84. The van der Waals surface area contributed by atoms with Crippen molar-refractivity contribution in [1.82, 2.24) is 5.16 Å². The Morgan fingerprint density at radius 1 is 1.23 bits per heavy atom. The number of nitrogens with zero attached hydrogens (tertiary/aromatic N) is 2. The molecular weight excluding hydrogens is 280 g/mol. The van der Waals surface area contributed by atoms with Gasteiger partial charge in [0.1, 0.15) is 12.3 Å². The molecule has 0 N–H and O–H groups in total. The van der Waals surface area contributed by atoms with Crippen molar-refractivity contribution in [3.05, 3.63) is 65.4 Å². The van der Waals surface area contributed by atoms with Crippen LogP contribution in [0.1, 0.15) is 16.8 Å². The van der Waals surface area contributed by atoms with Gasteiger partial charge in [-0.05, 0) is 29.8 Å². The van der Waals surface area contributed by atoms with Crippen LogP contribution < -0.4 is 0 Å². The first-order valence-electron chi connectivity index (χ1n) is 6.74. The number of ether oxygens (including phenoxy) is 1. The SMILES string of the molecule is N#Cc1cccc(COC(=O)Cc2noc3ccccc23)c1. The van der Waals surface area contributed by atoms with Crippen LogP contribution >= 0.6 is 0 Å². The van der Waals surface area contributed by atoms with Gasteiger partial charge in [-0.3, -0.25) is 4.79 Å². The van der Waals surface area contributed by atoms with Crippen molar-refractivity contribution in [2.24, 2.45) is 0 Å². The standard InChI is InChI=1S/C17H12N2O3/c18-10-12-4-3-5-13(8-12)11-21-17(20)9-15-14-6-1-2-7-16(14)22-19-15/h1-8H,9,11H2. The van der Waals surface area contributed by atoms with E-state index in [1.165, 1.54) is 0 Å². The molecule has 0 saturated heterocycles. The summed E-state index contributed by atoms with van der Waals surface area (Å²) in [4.78, 5) is 11.9. The van der Waals surface area contributed by atoms with E-state index in [-0.39, 0.29) is 19.0 Å². The summed E-state index contributed by atoms with van der Waals surface area (Å²) >= 11 is 0. The third kappa shape index (κ3) is 2.96. The van der Waals surface area contributed by atoms with Crippen molar-refractivity contribution in [2.45, 2.75) is 13.0 Å². The van der Waals surface area contributed by atoms with Gasteiger partial charge in [-0.25, -0.2) is 0 Å². The topological polar surface area (TPSA) is 76.1 Å². The van der Waals surface area contributed by atoms with Crippen LogP contribution in [-0.2, 0) is 22.6 Å². The van der Waals surface area contributed by atoms with Gasteiger partial charge < -0.3 is 9.26 Å². The minimum absolute atomic E-state index is 0.0505. The summed E-state index contributed by atoms with van der Waals surface area (Å²) in [5.74, 6) is -0.388. The molecule has 0 amide bonds. The third-order valence-electron chi connectivity index (χ3n) is 3.22. The Bertz CT molecular complexity index is 861. The Labute approximate surface area is 126 Å². The van der Waals surface area contributed by atoms with Crippen molar-refractivity contribution >= 4 is 16.9 Å². The van der Waals surface area contributed by atoms with Gasteiger partial charge >= 0.3 is 5.97 Å². The number of hydrogen-bond acceptors (Lipinski definition) is 5. The van der Waals surface area contributed by atoms with E-state index in [0.29, 0.717) is 16.8 Å². The Morgan fingerprint density at radius 3 is 2.95 bits per heavy atom. The number of hydrogen-bond donors (Lipinski definition) is 0. The first-order valence-corrected chi connectivity index (χ1v) is 6.74. The second-order valence-corrected chi connectivity index (χ2v) is 4.78. The average Bonchev–Trinajstić information content (AvgIpc) is 2.96. The van der Waals surface area contributed by atoms with Crippen LogP contribution in [0.4, 0.5) is 0 Å². The predicted octanol–water partition coefficient (Wildman–Crippen LogP) is 2.99. The summed E-state index contributed by atoms with van der Waals surface area (Å²) in [6, 6.07) is 16.4. The first kappa shape index (κ1) is 13.8. The fraction of sp³-hybridized carbons (Fsp3) is 0.118. The number of aromatic nitrogens is 1. The number of rotatable bonds is 4. The van der Waals surface area contributed by atoms with Crippen LogP contribution in [0.2, 0.25) is 0 Å². The van der Waals surface area contributed by atoms with Crippen molar-refractivity contribution in [2.75, 3.05) is 0 Å². The van der Waals surface area contributed by atoms with Crippen LogP contribution in [0.25, 0.3) is 11.0 Å². The van der Waals surface area contributed by atoms with Crippen molar-refractivity contribution < 1.29 is 14.1 Å².